The lowest BCUT2D eigenvalue weighted by Crippen LogP contribution is -2.48. The van der Waals surface area contributed by atoms with E-state index in [1.807, 2.05) is 0 Å². The summed E-state index contributed by atoms with van der Waals surface area (Å²) >= 11 is 0. The van der Waals surface area contributed by atoms with Crippen molar-refractivity contribution >= 4 is 11.9 Å². The van der Waals surface area contributed by atoms with E-state index in [4.69, 9.17) is 14.2 Å². The first kappa shape index (κ1) is 18.1. The van der Waals surface area contributed by atoms with E-state index >= 15 is 0 Å². The molecule has 7 heteroatoms. The molecule has 0 aromatic heterocycles. The Morgan fingerprint density at radius 2 is 1.96 bits per heavy atom. The van der Waals surface area contributed by atoms with E-state index in [1.165, 1.54) is 7.11 Å². The maximum atomic E-state index is 12.6. The lowest BCUT2D eigenvalue weighted by Gasteiger charge is -2.28. The molecule has 1 heterocycles. The normalized spacial score (nSPS) is 14.8. The molecule has 1 aromatic carbocycles. The maximum absolute atomic E-state index is 12.6. The lowest BCUT2D eigenvalue weighted by molar-refractivity contribution is -0.143. The topological polar surface area (TPSA) is 94.1 Å². The van der Waals surface area contributed by atoms with Crippen LogP contribution in [0.25, 0.3) is 0 Å². The number of carboxylic acids is 1. The number of carbonyl (C=O) groups is 2. The van der Waals surface area contributed by atoms with Crippen molar-refractivity contribution in [3.05, 3.63) is 23.8 Å². The Morgan fingerprint density at radius 3 is 2.58 bits per heavy atom. The van der Waals surface area contributed by atoms with Gasteiger partial charge in [-0.25, -0.2) is 4.79 Å². The number of fused-ring (bicyclic) bond motifs is 1. The fraction of sp³-hybridized carbons (Fsp3) is 0.529. The van der Waals surface area contributed by atoms with Crippen molar-refractivity contribution in [3.8, 4) is 11.5 Å². The first-order valence-corrected chi connectivity index (χ1v) is 7.79. The van der Waals surface area contributed by atoms with Gasteiger partial charge in [-0.15, -0.1) is 0 Å². The molecule has 2 rings (SSSR count). The molecule has 132 valence electrons. The molecule has 1 amide bonds. The number of carbonyl (C=O) groups excluding carboxylic acids is 1. The number of carboxylic acid groups (broad SMARTS) is 1. The Morgan fingerprint density at radius 1 is 1.29 bits per heavy atom. The molecule has 0 aliphatic carbocycles. The highest BCUT2D eigenvalue weighted by Crippen LogP contribution is 2.35. The molecule has 1 aliphatic rings. The Labute approximate surface area is 140 Å². The Hall–Kier alpha value is -2.28. The smallest absolute Gasteiger partial charge is 0.326 e. The Kier molecular flexibility index (Phi) is 5.66. The predicted octanol–water partition coefficient (Wildman–Crippen LogP) is 1.34. The summed E-state index contributed by atoms with van der Waals surface area (Å²) in [4.78, 5) is 23.9. The highest BCUT2D eigenvalue weighted by molar-refractivity contribution is 5.91. The number of hydrogen-bond acceptors (Lipinski definition) is 5. The Bertz CT molecular complexity index is 613. The van der Waals surface area contributed by atoms with Crippen LogP contribution in [0.2, 0.25) is 0 Å². The van der Waals surface area contributed by atoms with Crippen molar-refractivity contribution in [2.75, 3.05) is 26.9 Å². The number of methoxy groups -OCH3 is 1. The third kappa shape index (κ3) is 3.97. The summed E-state index contributed by atoms with van der Waals surface area (Å²) in [6.07, 6.45) is 0.203. The van der Waals surface area contributed by atoms with Gasteiger partial charge in [0.05, 0.1) is 5.41 Å². The summed E-state index contributed by atoms with van der Waals surface area (Å²) < 4.78 is 15.9. The van der Waals surface area contributed by atoms with Gasteiger partial charge in [-0.05, 0) is 31.5 Å². The SMILES string of the molecule is COCCC(NC(=O)C(C)(C)c1ccc2c(c1)OCCO2)C(=O)O. The molecule has 7 nitrogen and oxygen atoms in total. The minimum atomic E-state index is -1.08. The molecular weight excluding hydrogens is 314 g/mol. The summed E-state index contributed by atoms with van der Waals surface area (Å²) in [6.45, 7) is 4.69. The minimum Gasteiger partial charge on any atom is -0.486 e. The van der Waals surface area contributed by atoms with Crippen LogP contribution in [0, 0.1) is 0 Å². The standard InChI is InChI=1S/C17H23NO6/c1-17(2,16(21)18-12(15(19)20)6-7-22-3)11-4-5-13-14(10-11)24-9-8-23-13/h4-5,10,12H,6-9H2,1-3H3,(H,18,21)(H,19,20). The highest BCUT2D eigenvalue weighted by atomic mass is 16.6. The van der Waals surface area contributed by atoms with Gasteiger partial charge in [-0.1, -0.05) is 6.07 Å². The van der Waals surface area contributed by atoms with E-state index in [0.717, 1.165) is 5.56 Å². The van der Waals surface area contributed by atoms with Crippen LogP contribution in [0.1, 0.15) is 25.8 Å². The van der Waals surface area contributed by atoms with Crippen LogP contribution in [-0.4, -0.2) is 50.0 Å². The number of nitrogens with one attached hydrogen (secondary N) is 1. The molecular formula is C17H23NO6. The van der Waals surface area contributed by atoms with Crippen molar-refractivity contribution in [1.29, 1.82) is 0 Å². The average Bonchev–Trinajstić information content (AvgIpc) is 2.57. The monoisotopic (exact) mass is 337 g/mol. The van der Waals surface area contributed by atoms with Crippen molar-refractivity contribution in [2.45, 2.75) is 31.7 Å². The summed E-state index contributed by atoms with van der Waals surface area (Å²) in [7, 11) is 1.49. The zero-order chi connectivity index (χ0) is 17.7. The van der Waals surface area contributed by atoms with E-state index < -0.39 is 17.4 Å². The van der Waals surface area contributed by atoms with Gasteiger partial charge in [0.25, 0.3) is 0 Å². The third-order valence-electron chi connectivity index (χ3n) is 4.05. The number of ether oxygens (including phenoxy) is 3. The molecule has 1 aromatic rings. The van der Waals surface area contributed by atoms with Crippen LogP contribution in [0.15, 0.2) is 18.2 Å². The van der Waals surface area contributed by atoms with Crippen LogP contribution in [0.4, 0.5) is 0 Å². The fourth-order valence-electron chi connectivity index (χ4n) is 2.39. The van der Waals surface area contributed by atoms with Gasteiger partial charge in [0.2, 0.25) is 5.91 Å². The van der Waals surface area contributed by atoms with Gasteiger partial charge in [-0.3, -0.25) is 4.79 Å². The van der Waals surface area contributed by atoms with Crippen LogP contribution in [-0.2, 0) is 19.7 Å². The molecule has 0 fully saturated rings. The molecule has 1 aliphatic heterocycles. The summed E-state index contributed by atoms with van der Waals surface area (Å²) in [6, 6.07) is 4.32. The van der Waals surface area contributed by atoms with E-state index in [2.05, 4.69) is 5.32 Å². The minimum absolute atomic E-state index is 0.203. The molecule has 2 N–H and O–H groups in total. The fourth-order valence-corrected chi connectivity index (χ4v) is 2.39. The number of hydrogen-bond donors (Lipinski definition) is 2. The van der Waals surface area contributed by atoms with Gasteiger partial charge in [0.15, 0.2) is 11.5 Å². The third-order valence-corrected chi connectivity index (χ3v) is 4.05. The number of amides is 1. The Balaban J connectivity index is 2.15. The highest BCUT2D eigenvalue weighted by Gasteiger charge is 2.33. The largest absolute Gasteiger partial charge is 0.486 e. The quantitative estimate of drug-likeness (QED) is 0.780. The van der Waals surface area contributed by atoms with Crippen LogP contribution < -0.4 is 14.8 Å². The average molecular weight is 337 g/mol. The predicted molar refractivity (Wildman–Crippen MR) is 86.5 cm³/mol. The van der Waals surface area contributed by atoms with Crippen LogP contribution in [0.5, 0.6) is 11.5 Å². The molecule has 0 saturated heterocycles. The number of rotatable bonds is 7. The van der Waals surface area contributed by atoms with Crippen molar-refractivity contribution < 1.29 is 28.9 Å². The van der Waals surface area contributed by atoms with Crippen molar-refractivity contribution in [2.24, 2.45) is 0 Å². The second kappa shape index (κ2) is 7.53. The van der Waals surface area contributed by atoms with Crippen LogP contribution in [0.3, 0.4) is 0 Å². The summed E-state index contributed by atoms with van der Waals surface area (Å²) in [5.74, 6) is -0.223. The molecule has 0 radical (unpaired) electrons. The van der Waals surface area contributed by atoms with Crippen LogP contribution >= 0.6 is 0 Å². The molecule has 24 heavy (non-hydrogen) atoms. The molecule has 0 saturated carbocycles. The molecule has 1 atom stereocenters. The van der Waals surface area contributed by atoms with Crippen molar-refractivity contribution in [1.82, 2.24) is 5.32 Å². The molecule has 1 unspecified atom stereocenters. The number of aliphatic carboxylic acids is 1. The molecule has 0 spiro atoms. The second-order valence-corrected chi connectivity index (χ2v) is 6.13. The van der Waals surface area contributed by atoms with Gasteiger partial charge in [-0.2, -0.15) is 0 Å². The van der Waals surface area contributed by atoms with Gasteiger partial charge >= 0.3 is 5.97 Å². The van der Waals surface area contributed by atoms with Gasteiger partial charge < -0.3 is 24.6 Å². The van der Waals surface area contributed by atoms with E-state index in [1.54, 1.807) is 32.0 Å². The van der Waals surface area contributed by atoms with Gasteiger partial charge in [0.1, 0.15) is 19.3 Å². The zero-order valence-electron chi connectivity index (χ0n) is 14.1. The van der Waals surface area contributed by atoms with Crippen molar-refractivity contribution in [3.63, 3.8) is 0 Å². The second-order valence-electron chi connectivity index (χ2n) is 6.13. The summed E-state index contributed by atoms with van der Waals surface area (Å²) in [5, 5.41) is 11.8. The van der Waals surface area contributed by atoms with E-state index in [0.29, 0.717) is 24.7 Å². The number of benzene rings is 1. The first-order chi connectivity index (χ1) is 11.4. The first-order valence-electron chi connectivity index (χ1n) is 7.79. The maximum Gasteiger partial charge on any atom is 0.326 e. The van der Waals surface area contributed by atoms with Gasteiger partial charge in [0, 0.05) is 20.1 Å². The summed E-state index contributed by atoms with van der Waals surface area (Å²) in [5.41, 5.74) is -0.198. The lowest BCUT2D eigenvalue weighted by atomic mass is 9.83. The van der Waals surface area contributed by atoms with E-state index in [-0.39, 0.29) is 18.9 Å². The van der Waals surface area contributed by atoms with E-state index in [9.17, 15) is 14.7 Å². The molecule has 0 bridgehead atoms. The zero-order valence-corrected chi connectivity index (χ0v) is 14.1.